The van der Waals surface area contributed by atoms with Gasteiger partial charge in [-0.2, -0.15) is 0 Å². The normalized spacial score (nSPS) is 19.8. The average Bonchev–Trinajstić information content (AvgIpc) is 2.37. The van der Waals surface area contributed by atoms with Gasteiger partial charge >= 0.3 is 0 Å². The van der Waals surface area contributed by atoms with Crippen LogP contribution < -0.4 is 5.32 Å². The number of aliphatic hydroxyl groups excluding tert-OH is 1. The van der Waals surface area contributed by atoms with Gasteiger partial charge in [0.05, 0.1) is 0 Å². The molecular weight excluding hydrogens is 216 g/mol. The summed E-state index contributed by atoms with van der Waals surface area (Å²) in [4.78, 5) is 2.42. The molecule has 1 saturated heterocycles. The summed E-state index contributed by atoms with van der Waals surface area (Å²) in [5.74, 6) is 0. The minimum absolute atomic E-state index is 0.267. The second-order valence-corrected chi connectivity index (χ2v) is 4.95. The maximum Gasteiger partial charge on any atom is 0.0480 e. The summed E-state index contributed by atoms with van der Waals surface area (Å²) in [6, 6.07) is 1.06. The van der Waals surface area contributed by atoms with E-state index in [2.05, 4.69) is 24.2 Å². The van der Waals surface area contributed by atoms with Gasteiger partial charge in [0.15, 0.2) is 0 Å². The fraction of sp³-hybridized carbons (Fsp3) is 1.00. The number of nitrogens with one attached hydrogen (secondary N) is 1. The first kappa shape index (κ1) is 14.9. The number of ether oxygens (including phenoxy) is 1. The zero-order chi connectivity index (χ0) is 12.5. The Kier molecular flexibility index (Phi) is 7.77. The molecule has 0 aliphatic carbocycles. The summed E-state index contributed by atoms with van der Waals surface area (Å²) < 4.78 is 5.38. The number of hydrogen-bond acceptors (Lipinski definition) is 4. The minimum atomic E-state index is 0.267. The van der Waals surface area contributed by atoms with Crippen molar-refractivity contribution in [3.05, 3.63) is 0 Å². The summed E-state index contributed by atoms with van der Waals surface area (Å²) in [7, 11) is 2.19. The first-order valence-corrected chi connectivity index (χ1v) is 6.90. The van der Waals surface area contributed by atoms with Crippen LogP contribution in [0.25, 0.3) is 0 Å². The number of aliphatic hydroxyl groups is 1. The predicted octanol–water partition coefficient (Wildman–Crippen LogP) is 0.848. The van der Waals surface area contributed by atoms with Crippen LogP contribution in [-0.2, 0) is 4.74 Å². The zero-order valence-electron chi connectivity index (χ0n) is 11.3. The third-order valence-electron chi connectivity index (χ3n) is 3.48. The van der Waals surface area contributed by atoms with Gasteiger partial charge in [-0.3, -0.25) is 0 Å². The summed E-state index contributed by atoms with van der Waals surface area (Å²) in [5.41, 5.74) is 0. The highest BCUT2D eigenvalue weighted by Gasteiger charge is 2.20. The Balaban J connectivity index is 2.30. The van der Waals surface area contributed by atoms with Crippen molar-refractivity contribution < 1.29 is 9.84 Å². The lowest BCUT2D eigenvalue weighted by atomic mass is 10.1. The van der Waals surface area contributed by atoms with E-state index >= 15 is 0 Å². The van der Waals surface area contributed by atoms with E-state index in [1.807, 2.05) is 0 Å². The van der Waals surface area contributed by atoms with Gasteiger partial charge in [0.25, 0.3) is 0 Å². The number of hydrogen-bond donors (Lipinski definition) is 2. The number of rotatable bonds is 8. The molecule has 0 saturated carbocycles. The van der Waals surface area contributed by atoms with Crippen LogP contribution in [0, 0.1) is 0 Å². The molecule has 4 heteroatoms. The van der Waals surface area contributed by atoms with Crippen LogP contribution in [0.2, 0.25) is 0 Å². The molecule has 1 rings (SSSR count). The molecule has 2 N–H and O–H groups in total. The summed E-state index contributed by atoms with van der Waals surface area (Å²) in [5, 5.41) is 12.6. The molecule has 1 fully saturated rings. The Labute approximate surface area is 105 Å². The first-order chi connectivity index (χ1) is 8.27. The van der Waals surface area contributed by atoms with Gasteiger partial charge in [-0.25, -0.2) is 0 Å². The highest BCUT2D eigenvalue weighted by molar-refractivity contribution is 4.77. The molecule has 0 radical (unpaired) electrons. The van der Waals surface area contributed by atoms with Crippen LogP contribution in [0.4, 0.5) is 0 Å². The Morgan fingerprint density at radius 3 is 2.71 bits per heavy atom. The molecule has 102 valence electrons. The molecule has 0 spiro atoms. The summed E-state index contributed by atoms with van der Waals surface area (Å²) in [6.45, 7) is 6.27. The van der Waals surface area contributed by atoms with Crippen LogP contribution in [0.15, 0.2) is 0 Å². The summed E-state index contributed by atoms with van der Waals surface area (Å²) >= 11 is 0. The number of likely N-dealkylation sites (N-methyl/N-ethyl adjacent to an activating group) is 1. The van der Waals surface area contributed by atoms with E-state index in [0.717, 1.165) is 52.0 Å². The maximum absolute atomic E-state index is 9.08. The highest BCUT2D eigenvalue weighted by atomic mass is 16.5. The van der Waals surface area contributed by atoms with Crippen molar-refractivity contribution >= 4 is 0 Å². The van der Waals surface area contributed by atoms with Crippen LogP contribution >= 0.6 is 0 Å². The lowest BCUT2D eigenvalue weighted by molar-refractivity contribution is 0.0392. The maximum atomic E-state index is 9.08. The van der Waals surface area contributed by atoms with E-state index in [9.17, 15) is 0 Å². The van der Waals surface area contributed by atoms with E-state index in [4.69, 9.17) is 9.84 Å². The molecule has 1 aliphatic heterocycles. The van der Waals surface area contributed by atoms with Gasteiger partial charge in [0.2, 0.25) is 0 Å². The second kappa shape index (κ2) is 8.86. The van der Waals surface area contributed by atoms with Crippen molar-refractivity contribution in [2.75, 3.05) is 40.0 Å². The highest BCUT2D eigenvalue weighted by Crippen LogP contribution is 2.13. The lowest BCUT2D eigenvalue weighted by Crippen LogP contribution is -2.45. The third kappa shape index (κ3) is 5.82. The van der Waals surface area contributed by atoms with Gasteiger partial charge in [-0.15, -0.1) is 0 Å². The Hall–Kier alpha value is -0.160. The van der Waals surface area contributed by atoms with Crippen molar-refractivity contribution in [2.45, 2.75) is 44.7 Å². The van der Waals surface area contributed by atoms with E-state index in [-0.39, 0.29) is 6.61 Å². The van der Waals surface area contributed by atoms with Crippen molar-refractivity contribution in [3.8, 4) is 0 Å². The second-order valence-electron chi connectivity index (χ2n) is 4.95. The molecule has 4 nitrogen and oxygen atoms in total. The van der Waals surface area contributed by atoms with Crippen molar-refractivity contribution in [1.29, 1.82) is 0 Å². The quantitative estimate of drug-likeness (QED) is 0.664. The van der Waals surface area contributed by atoms with Crippen LogP contribution in [0.3, 0.4) is 0 Å². The van der Waals surface area contributed by atoms with Gasteiger partial charge < -0.3 is 20.1 Å². The Morgan fingerprint density at radius 2 is 2.12 bits per heavy atom. The molecular formula is C13H28N2O2. The van der Waals surface area contributed by atoms with Crippen molar-refractivity contribution in [2.24, 2.45) is 0 Å². The molecule has 0 bridgehead atoms. The summed E-state index contributed by atoms with van der Waals surface area (Å²) in [6.07, 6.45) is 4.25. The van der Waals surface area contributed by atoms with Crippen LogP contribution in [0.1, 0.15) is 32.6 Å². The average molecular weight is 244 g/mol. The molecule has 1 atom stereocenters. The van der Waals surface area contributed by atoms with Gasteiger partial charge in [0, 0.05) is 38.4 Å². The largest absolute Gasteiger partial charge is 0.396 e. The van der Waals surface area contributed by atoms with Gasteiger partial charge in [-0.1, -0.05) is 6.92 Å². The zero-order valence-corrected chi connectivity index (χ0v) is 11.3. The van der Waals surface area contributed by atoms with Crippen LogP contribution in [-0.4, -0.2) is 62.0 Å². The number of nitrogens with zero attached hydrogens (tertiary/aromatic N) is 1. The molecule has 0 aromatic heterocycles. The molecule has 0 amide bonds. The molecule has 1 aliphatic rings. The monoisotopic (exact) mass is 244 g/mol. The first-order valence-electron chi connectivity index (χ1n) is 6.90. The van der Waals surface area contributed by atoms with Gasteiger partial charge in [-0.05, 0) is 39.3 Å². The lowest BCUT2D eigenvalue weighted by Gasteiger charge is -2.34. The smallest absolute Gasteiger partial charge is 0.0480 e. The van der Waals surface area contributed by atoms with Gasteiger partial charge in [0.1, 0.15) is 0 Å². The molecule has 1 unspecified atom stereocenters. The van der Waals surface area contributed by atoms with E-state index in [0.29, 0.717) is 12.1 Å². The molecule has 1 heterocycles. The standard InChI is InChI=1S/C13H28N2O2/c1-3-7-14-12(4-8-16)11-15(2)13-5-9-17-10-6-13/h12-14,16H,3-11H2,1-2H3. The molecule has 0 aromatic carbocycles. The fourth-order valence-electron chi connectivity index (χ4n) is 2.38. The molecule has 17 heavy (non-hydrogen) atoms. The minimum Gasteiger partial charge on any atom is -0.396 e. The van der Waals surface area contributed by atoms with Crippen molar-refractivity contribution in [3.63, 3.8) is 0 Å². The third-order valence-corrected chi connectivity index (χ3v) is 3.48. The topological polar surface area (TPSA) is 44.7 Å². The van der Waals surface area contributed by atoms with E-state index in [1.54, 1.807) is 0 Å². The predicted molar refractivity (Wildman–Crippen MR) is 70.3 cm³/mol. The SMILES string of the molecule is CCCNC(CCO)CN(C)C1CCOCC1. The van der Waals surface area contributed by atoms with Crippen LogP contribution in [0.5, 0.6) is 0 Å². The van der Waals surface area contributed by atoms with E-state index < -0.39 is 0 Å². The molecule has 0 aromatic rings. The Morgan fingerprint density at radius 1 is 1.41 bits per heavy atom. The van der Waals surface area contributed by atoms with E-state index in [1.165, 1.54) is 0 Å². The van der Waals surface area contributed by atoms with Crippen molar-refractivity contribution in [1.82, 2.24) is 10.2 Å². The Bertz CT molecular complexity index is 184. The fourth-order valence-corrected chi connectivity index (χ4v) is 2.38.